The Hall–Kier alpha value is -1.71. The van der Waals surface area contributed by atoms with Crippen LogP contribution in [-0.2, 0) is 28.6 Å². The summed E-state index contributed by atoms with van der Waals surface area (Å²) < 4.78 is 14.4. The first-order chi connectivity index (χ1) is 14.7. The molecule has 0 aliphatic heterocycles. The van der Waals surface area contributed by atoms with Crippen LogP contribution in [0, 0.1) is 0 Å². The van der Waals surface area contributed by atoms with Gasteiger partial charge in [-0.1, -0.05) is 47.0 Å². The van der Waals surface area contributed by atoms with Crippen molar-refractivity contribution in [1.29, 1.82) is 0 Å². The highest BCUT2D eigenvalue weighted by molar-refractivity contribution is 5.77. The Morgan fingerprint density at radius 1 is 0.938 bits per heavy atom. The fraction of sp³-hybridized carbons (Fsp3) is 0.870. The van der Waals surface area contributed by atoms with Gasteiger partial charge >= 0.3 is 17.9 Å². The summed E-state index contributed by atoms with van der Waals surface area (Å²) in [5.41, 5.74) is 5.46. The van der Waals surface area contributed by atoms with E-state index in [2.05, 4.69) is 18.6 Å². The molecule has 0 bridgehead atoms. The van der Waals surface area contributed by atoms with E-state index in [9.17, 15) is 14.4 Å². The molecule has 0 rings (SSSR count). The molecule has 0 amide bonds. The Balaban J connectivity index is -0.000000108. The maximum Gasteiger partial charge on any atom is 0.326 e. The van der Waals surface area contributed by atoms with Crippen molar-refractivity contribution in [1.82, 2.24) is 5.48 Å². The molecule has 0 heterocycles. The van der Waals surface area contributed by atoms with Crippen LogP contribution >= 0.6 is 0 Å². The molecule has 1 atom stereocenters. The molecule has 9 heteroatoms. The Bertz CT molecular complexity index is 473. The summed E-state index contributed by atoms with van der Waals surface area (Å²) in [5.74, 6) is -1.40. The number of ether oxygens (including phenoxy) is 3. The van der Waals surface area contributed by atoms with E-state index in [1.165, 1.54) is 26.4 Å². The van der Waals surface area contributed by atoms with E-state index in [-0.39, 0.29) is 28.2 Å². The molecule has 0 aromatic rings. The number of nitrogens with one attached hydrogen (secondary N) is 1. The average Bonchev–Trinajstić information content (AvgIpc) is 2.68. The van der Waals surface area contributed by atoms with Crippen molar-refractivity contribution in [2.75, 3.05) is 13.7 Å². The van der Waals surface area contributed by atoms with Crippen molar-refractivity contribution in [3.05, 3.63) is 0 Å². The lowest BCUT2D eigenvalue weighted by Crippen LogP contribution is -2.40. The number of hydroxylamine groups is 1. The van der Waals surface area contributed by atoms with Crippen molar-refractivity contribution in [2.24, 2.45) is 5.73 Å². The van der Waals surface area contributed by atoms with E-state index in [0.29, 0.717) is 0 Å². The van der Waals surface area contributed by atoms with Crippen molar-refractivity contribution in [3.63, 3.8) is 0 Å². The number of hydrogen-bond donors (Lipinski definition) is 3. The van der Waals surface area contributed by atoms with Crippen LogP contribution in [0.5, 0.6) is 0 Å². The highest BCUT2D eigenvalue weighted by Crippen LogP contribution is 2.13. The predicted octanol–water partition coefficient (Wildman–Crippen LogP) is 4.63. The zero-order valence-corrected chi connectivity index (χ0v) is 22.3. The largest absolute Gasteiger partial charge is 0.468 e. The minimum Gasteiger partial charge on any atom is -0.468 e. The minimum atomic E-state index is -0.938. The smallest absolute Gasteiger partial charge is 0.326 e. The van der Waals surface area contributed by atoms with Gasteiger partial charge in [-0.15, -0.1) is 0 Å². The zero-order valence-electron chi connectivity index (χ0n) is 22.3. The quantitative estimate of drug-likeness (QED) is 0.263. The van der Waals surface area contributed by atoms with Crippen molar-refractivity contribution in [2.45, 2.75) is 119 Å². The molecule has 0 aliphatic carbocycles. The average molecular weight is 471 g/mol. The molecular weight excluding hydrogens is 416 g/mol. The molecule has 0 unspecified atom stereocenters. The highest BCUT2D eigenvalue weighted by Gasteiger charge is 2.26. The number of esters is 3. The van der Waals surface area contributed by atoms with Crippen LogP contribution in [0.2, 0.25) is 0 Å². The van der Waals surface area contributed by atoms with Crippen LogP contribution in [-0.4, -0.2) is 54.0 Å². The molecule has 0 aliphatic rings. The fourth-order valence-electron chi connectivity index (χ4n) is 1.70. The SMILES string of the molecule is CC.CC(C)(C)OC(=O)CC[C@H](NO)C(=O)OC(C)(C)C.CCCCC.COC(=O)CN.[HH].[HH]. The van der Waals surface area contributed by atoms with Gasteiger partial charge in [-0.3, -0.25) is 14.4 Å². The van der Waals surface area contributed by atoms with Crippen LogP contribution < -0.4 is 11.2 Å². The van der Waals surface area contributed by atoms with E-state index < -0.39 is 29.2 Å². The van der Waals surface area contributed by atoms with Gasteiger partial charge in [0, 0.05) is 9.27 Å². The Morgan fingerprint density at radius 3 is 1.59 bits per heavy atom. The number of methoxy groups -OCH3 is 1. The highest BCUT2D eigenvalue weighted by atomic mass is 16.6. The van der Waals surface area contributed by atoms with Gasteiger partial charge < -0.3 is 25.2 Å². The first-order valence-electron chi connectivity index (χ1n) is 11.3. The molecule has 0 aromatic heterocycles. The third kappa shape index (κ3) is 32.9. The standard InChI is InChI=1S/C13H25NO5.C5H12.C3H7NO2.C2H6.2H2/c1-12(2,3)18-10(15)8-7-9(14-17)11(16)19-13(4,5)6;1-3-5-4-2;1-6-3(5)2-4;1-2;;/h9,14,17H,7-8H2,1-6H3;3-5H2,1-2H3;2,4H2,1H3;1-2H3;2*1H/t9-;;;;;/m0...../s1. The van der Waals surface area contributed by atoms with Crippen LogP contribution in [0.15, 0.2) is 0 Å². The Kier molecular flexibility index (Phi) is 26.4. The zero-order chi connectivity index (χ0) is 26.4. The van der Waals surface area contributed by atoms with Crippen LogP contribution in [0.3, 0.4) is 0 Å². The van der Waals surface area contributed by atoms with Gasteiger partial charge in [0.05, 0.1) is 13.7 Å². The molecule has 198 valence electrons. The van der Waals surface area contributed by atoms with Gasteiger partial charge in [0.15, 0.2) is 0 Å². The second-order valence-electron chi connectivity index (χ2n) is 8.47. The first kappa shape index (κ1) is 37.6. The number of hydrogen-bond acceptors (Lipinski definition) is 9. The van der Waals surface area contributed by atoms with Crippen molar-refractivity contribution < 1.29 is 36.7 Å². The molecule has 0 radical (unpaired) electrons. The van der Waals surface area contributed by atoms with Gasteiger partial charge in [-0.25, -0.2) is 0 Å². The van der Waals surface area contributed by atoms with Crippen LogP contribution in [0.4, 0.5) is 0 Å². The molecule has 9 nitrogen and oxygen atoms in total. The molecule has 0 fully saturated rings. The lowest BCUT2D eigenvalue weighted by atomic mass is 10.1. The van der Waals surface area contributed by atoms with E-state index in [1.807, 2.05) is 19.3 Å². The molecule has 0 saturated heterocycles. The normalized spacial score (nSPS) is 11.2. The topological polar surface area (TPSA) is 137 Å². The van der Waals surface area contributed by atoms with Gasteiger partial charge in [0.25, 0.3) is 0 Å². The summed E-state index contributed by atoms with van der Waals surface area (Å²) in [6, 6.07) is -0.938. The second-order valence-corrected chi connectivity index (χ2v) is 8.47. The number of unbranched alkanes of at least 4 members (excludes halogenated alkanes) is 2. The molecule has 4 N–H and O–H groups in total. The van der Waals surface area contributed by atoms with Crippen molar-refractivity contribution >= 4 is 17.9 Å². The first-order valence-corrected chi connectivity index (χ1v) is 11.3. The summed E-state index contributed by atoms with van der Waals surface area (Å²) in [6.45, 7) is 18.9. The van der Waals surface area contributed by atoms with Crippen LogP contribution in [0.1, 0.15) is 104 Å². The van der Waals surface area contributed by atoms with Crippen LogP contribution in [0.25, 0.3) is 0 Å². The summed E-state index contributed by atoms with van der Waals surface area (Å²) >= 11 is 0. The Morgan fingerprint density at radius 2 is 1.38 bits per heavy atom. The lowest BCUT2D eigenvalue weighted by Gasteiger charge is -2.23. The summed E-state index contributed by atoms with van der Waals surface area (Å²) in [5, 5.41) is 8.94. The van der Waals surface area contributed by atoms with E-state index in [0.717, 1.165) is 0 Å². The van der Waals surface area contributed by atoms with Crippen molar-refractivity contribution in [3.8, 4) is 0 Å². The number of rotatable bonds is 8. The summed E-state index contributed by atoms with van der Waals surface area (Å²) in [6.07, 6.45) is 4.21. The van der Waals surface area contributed by atoms with Gasteiger partial charge in [-0.2, -0.15) is 5.48 Å². The molecular formula is C23H54N2O7. The van der Waals surface area contributed by atoms with Gasteiger partial charge in [0.1, 0.15) is 17.2 Å². The number of nitrogens with two attached hydrogens (primary N) is 1. The Labute approximate surface area is 198 Å². The summed E-state index contributed by atoms with van der Waals surface area (Å²) in [7, 11) is 1.30. The van der Waals surface area contributed by atoms with Gasteiger partial charge in [-0.05, 0) is 48.0 Å². The maximum absolute atomic E-state index is 11.7. The summed E-state index contributed by atoms with van der Waals surface area (Å²) in [4.78, 5) is 33.0. The monoisotopic (exact) mass is 470 g/mol. The third-order valence-electron chi connectivity index (χ3n) is 3.01. The minimum absolute atomic E-state index is 0. The fourth-order valence-corrected chi connectivity index (χ4v) is 1.70. The number of carbonyl (C=O) groups is 3. The van der Waals surface area contributed by atoms with E-state index in [4.69, 9.17) is 20.4 Å². The van der Waals surface area contributed by atoms with Gasteiger partial charge in [0.2, 0.25) is 0 Å². The molecule has 0 spiro atoms. The number of carbonyl (C=O) groups excluding carboxylic acids is 3. The third-order valence-corrected chi connectivity index (χ3v) is 3.01. The van der Waals surface area contributed by atoms with E-state index in [1.54, 1.807) is 41.5 Å². The molecule has 0 aromatic carbocycles. The molecule has 32 heavy (non-hydrogen) atoms. The maximum atomic E-state index is 11.7. The lowest BCUT2D eigenvalue weighted by molar-refractivity contribution is -0.161. The predicted molar refractivity (Wildman–Crippen MR) is 131 cm³/mol. The van der Waals surface area contributed by atoms with E-state index >= 15 is 0 Å². The second kappa shape index (κ2) is 22.5. The molecule has 0 saturated carbocycles.